The summed E-state index contributed by atoms with van der Waals surface area (Å²) in [7, 11) is 3.76. The van der Waals surface area contributed by atoms with E-state index >= 15 is 0 Å². The Kier molecular flexibility index (Phi) is 13.8. The predicted octanol–water partition coefficient (Wildman–Crippen LogP) is 1.38. The van der Waals surface area contributed by atoms with Gasteiger partial charge in [0.05, 0.1) is 12.5 Å². The molecule has 2 atom stereocenters. The summed E-state index contributed by atoms with van der Waals surface area (Å²) in [4.78, 5) is 16.4. The number of hydrogen-bond acceptors (Lipinski definition) is 4. The van der Waals surface area contributed by atoms with Crippen molar-refractivity contribution in [1.29, 1.82) is 0 Å². The van der Waals surface area contributed by atoms with Crippen LogP contribution in [0.25, 0.3) is 0 Å². The molecule has 0 spiro atoms. The van der Waals surface area contributed by atoms with E-state index in [2.05, 4.69) is 18.9 Å². The molecule has 0 saturated carbocycles. The normalized spacial score (nSPS) is 19.1. The molecule has 1 amide bonds. The maximum absolute atomic E-state index is 12.1. The summed E-state index contributed by atoms with van der Waals surface area (Å²) in [6.07, 6.45) is 2.55. The van der Waals surface area contributed by atoms with Crippen molar-refractivity contribution in [3.05, 3.63) is 0 Å². The van der Waals surface area contributed by atoms with Crippen molar-refractivity contribution in [2.75, 3.05) is 46.9 Å². The summed E-state index contributed by atoms with van der Waals surface area (Å²) in [5.41, 5.74) is 5.55. The van der Waals surface area contributed by atoms with E-state index in [1.165, 1.54) is 6.42 Å². The van der Waals surface area contributed by atoms with Crippen LogP contribution in [-0.4, -0.2) is 68.7 Å². The van der Waals surface area contributed by atoms with Crippen molar-refractivity contribution < 1.29 is 9.53 Å². The van der Waals surface area contributed by atoms with E-state index in [-0.39, 0.29) is 36.8 Å². The van der Waals surface area contributed by atoms with Gasteiger partial charge in [-0.05, 0) is 32.4 Å². The number of nitrogens with zero attached hydrogens (tertiary/aromatic N) is 2. The van der Waals surface area contributed by atoms with E-state index in [1.54, 1.807) is 7.11 Å². The topological polar surface area (TPSA) is 58.8 Å². The summed E-state index contributed by atoms with van der Waals surface area (Å²) in [5, 5.41) is 0. The minimum atomic E-state index is -0.144. The molecule has 128 valence electrons. The molecule has 1 rings (SSSR count). The number of methoxy groups -OCH3 is 1. The van der Waals surface area contributed by atoms with Gasteiger partial charge in [-0.1, -0.05) is 6.92 Å². The van der Waals surface area contributed by atoms with Gasteiger partial charge in [-0.15, -0.1) is 24.8 Å². The first-order valence-corrected chi connectivity index (χ1v) is 7.29. The Morgan fingerprint density at radius 3 is 2.67 bits per heavy atom. The first kappa shape index (κ1) is 23.2. The van der Waals surface area contributed by atoms with Gasteiger partial charge >= 0.3 is 0 Å². The zero-order valence-electron chi connectivity index (χ0n) is 13.4. The van der Waals surface area contributed by atoms with E-state index in [4.69, 9.17) is 10.5 Å². The zero-order chi connectivity index (χ0) is 14.3. The Labute approximate surface area is 141 Å². The van der Waals surface area contributed by atoms with Crippen LogP contribution in [0, 0.1) is 5.92 Å². The number of likely N-dealkylation sites (tertiary alicyclic amines) is 1. The number of rotatable bonds is 8. The summed E-state index contributed by atoms with van der Waals surface area (Å²) >= 11 is 0. The summed E-state index contributed by atoms with van der Waals surface area (Å²) in [5.74, 6) is 0.789. The molecule has 0 aromatic rings. The number of amides is 1. The smallest absolute Gasteiger partial charge is 0.225 e. The second-order valence-corrected chi connectivity index (χ2v) is 5.55. The lowest BCUT2D eigenvalue weighted by Crippen LogP contribution is -2.35. The molecule has 0 radical (unpaired) electrons. The van der Waals surface area contributed by atoms with Gasteiger partial charge in [0.1, 0.15) is 0 Å². The molecule has 2 unspecified atom stereocenters. The zero-order valence-corrected chi connectivity index (χ0v) is 15.0. The second kappa shape index (κ2) is 12.5. The fourth-order valence-corrected chi connectivity index (χ4v) is 2.71. The maximum atomic E-state index is 12.1. The van der Waals surface area contributed by atoms with Crippen LogP contribution in [0.3, 0.4) is 0 Å². The molecule has 0 aliphatic carbocycles. The fourth-order valence-electron chi connectivity index (χ4n) is 2.71. The number of carbonyl (C=O) groups excluding carboxylic acids is 1. The summed E-state index contributed by atoms with van der Waals surface area (Å²) < 4.78 is 5.17. The fraction of sp³-hybridized carbons (Fsp3) is 0.929. The molecule has 5 nitrogen and oxygen atoms in total. The molecule has 2 N–H and O–H groups in total. The lowest BCUT2D eigenvalue weighted by Gasteiger charge is -2.22. The molecule has 0 aromatic carbocycles. The molecule has 0 bridgehead atoms. The van der Waals surface area contributed by atoms with Crippen molar-refractivity contribution in [1.82, 2.24) is 9.80 Å². The predicted molar refractivity (Wildman–Crippen MR) is 91.4 cm³/mol. The highest BCUT2D eigenvalue weighted by atomic mass is 35.5. The van der Waals surface area contributed by atoms with Crippen LogP contribution >= 0.6 is 24.8 Å². The van der Waals surface area contributed by atoms with Gasteiger partial charge in [0.15, 0.2) is 0 Å². The average molecular weight is 344 g/mol. The first-order valence-electron chi connectivity index (χ1n) is 7.29. The second-order valence-electron chi connectivity index (χ2n) is 5.55. The van der Waals surface area contributed by atoms with Gasteiger partial charge in [-0.3, -0.25) is 4.79 Å². The first-order chi connectivity index (χ1) is 9.10. The Morgan fingerprint density at radius 2 is 2.14 bits per heavy atom. The summed E-state index contributed by atoms with van der Waals surface area (Å²) in [6.45, 7) is 6.57. The van der Waals surface area contributed by atoms with Crippen molar-refractivity contribution in [2.24, 2.45) is 11.7 Å². The Hall–Kier alpha value is -0.0700. The Balaban J connectivity index is 0. The van der Waals surface area contributed by atoms with Crippen molar-refractivity contribution in [3.63, 3.8) is 0 Å². The van der Waals surface area contributed by atoms with Gasteiger partial charge in [0.25, 0.3) is 0 Å². The van der Waals surface area contributed by atoms with Crippen LogP contribution < -0.4 is 5.73 Å². The molecule has 0 aromatic heterocycles. The molecule has 1 aliphatic rings. The van der Waals surface area contributed by atoms with Crippen LogP contribution in [0.15, 0.2) is 0 Å². The van der Waals surface area contributed by atoms with E-state index in [0.717, 1.165) is 32.6 Å². The third kappa shape index (κ3) is 8.21. The van der Waals surface area contributed by atoms with Crippen LogP contribution in [0.5, 0.6) is 0 Å². The Bertz CT molecular complexity index is 279. The van der Waals surface area contributed by atoms with Crippen molar-refractivity contribution in [3.8, 4) is 0 Å². The number of carbonyl (C=O) groups is 1. The highest BCUT2D eigenvalue weighted by Crippen LogP contribution is 2.18. The van der Waals surface area contributed by atoms with Crippen molar-refractivity contribution >= 4 is 30.7 Å². The standard InChI is InChI=1S/C14H29N3O2.2ClH/c1-4-6-16(2)10-12-5-7-17(11-12)14(18)8-13(9-15)19-3;;/h12-13H,4-11,15H2,1-3H3;2*1H. The lowest BCUT2D eigenvalue weighted by molar-refractivity contribution is -0.132. The average Bonchev–Trinajstić information content (AvgIpc) is 2.84. The van der Waals surface area contributed by atoms with Gasteiger partial charge in [0, 0.05) is 33.3 Å². The molecule has 1 saturated heterocycles. The highest BCUT2D eigenvalue weighted by Gasteiger charge is 2.27. The van der Waals surface area contributed by atoms with E-state index in [1.807, 2.05) is 4.90 Å². The molecule has 7 heteroatoms. The third-order valence-corrected chi connectivity index (χ3v) is 3.81. The summed E-state index contributed by atoms with van der Waals surface area (Å²) in [6, 6.07) is 0. The van der Waals surface area contributed by atoms with Crippen molar-refractivity contribution in [2.45, 2.75) is 32.3 Å². The highest BCUT2D eigenvalue weighted by molar-refractivity contribution is 5.85. The van der Waals surface area contributed by atoms with Crippen LogP contribution in [0.2, 0.25) is 0 Å². The quantitative estimate of drug-likeness (QED) is 0.723. The lowest BCUT2D eigenvalue weighted by atomic mass is 10.1. The molecular formula is C14H31Cl2N3O2. The largest absolute Gasteiger partial charge is 0.380 e. The van der Waals surface area contributed by atoms with Crippen LogP contribution in [0.1, 0.15) is 26.2 Å². The monoisotopic (exact) mass is 343 g/mol. The number of nitrogens with two attached hydrogens (primary N) is 1. The van der Waals surface area contributed by atoms with Gasteiger partial charge in [-0.2, -0.15) is 0 Å². The molecule has 1 heterocycles. The number of halogens is 2. The SMILES string of the molecule is CCCN(C)CC1CCN(C(=O)CC(CN)OC)C1.Cl.Cl. The molecule has 1 fully saturated rings. The van der Waals surface area contributed by atoms with Gasteiger partial charge < -0.3 is 20.3 Å². The minimum absolute atomic E-state index is 0. The maximum Gasteiger partial charge on any atom is 0.225 e. The number of ether oxygens (including phenoxy) is 1. The molecule has 1 aliphatic heterocycles. The van der Waals surface area contributed by atoms with Gasteiger partial charge in [-0.25, -0.2) is 0 Å². The number of hydrogen-bond donors (Lipinski definition) is 1. The van der Waals surface area contributed by atoms with Crippen LogP contribution in [-0.2, 0) is 9.53 Å². The minimum Gasteiger partial charge on any atom is -0.380 e. The van der Waals surface area contributed by atoms with E-state index in [0.29, 0.717) is 18.9 Å². The Morgan fingerprint density at radius 1 is 1.48 bits per heavy atom. The van der Waals surface area contributed by atoms with Crippen LogP contribution in [0.4, 0.5) is 0 Å². The van der Waals surface area contributed by atoms with E-state index < -0.39 is 0 Å². The molecular weight excluding hydrogens is 313 g/mol. The third-order valence-electron chi connectivity index (χ3n) is 3.81. The van der Waals surface area contributed by atoms with Gasteiger partial charge in [0.2, 0.25) is 5.91 Å². The molecule has 21 heavy (non-hydrogen) atoms. The van der Waals surface area contributed by atoms with E-state index in [9.17, 15) is 4.79 Å².